The van der Waals surface area contributed by atoms with Crippen LogP contribution in [0.1, 0.15) is 65.2 Å². The van der Waals surface area contributed by atoms with Crippen molar-refractivity contribution in [3.8, 4) is 11.5 Å². The molecule has 0 bridgehead atoms. The summed E-state index contributed by atoms with van der Waals surface area (Å²) in [6.07, 6.45) is 8.61. The van der Waals surface area contributed by atoms with Gasteiger partial charge in [0.15, 0.2) is 11.6 Å². The van der Waals surface area contributed by atoms with Gasteiger partial charge in [0.05, 0.1) is 25.4 Å². The number of rotatable bonds is 18. The molecular weight excluding hydrogens is 895 g/mol. The number of pyridine rings is 4. The normalized spacial score (nSPS) is 10.6. The van der Waals surface area contributed by atoms with Crippen molar-refractivity contribution in [3.63, 3.8) is 0 Å². The van der Waals surface area contributed by atoms with Gasteiger partial charge in [-0.2, -0.15) is 0 Å². The van der Waals surface area contributed by atoms with E-state index in [0.29, 0.717) is 53.2 Å². The van der Waals surface area contributed by atoms with Gasteiger partial charge in [0.25, 0.3) is 0 Å². The second-order valence-corrected chi connectivity index (χ2v) is 16.1. The topological polar surface area (TPSA) is 303 Å². The number of anilines is 3. The molecule has 0 unspecified atom stereocenters. The number of nitrogen functional groups attached to an aromatic ring is 2. The molecule has 5 heterocycles. The number of hydrogen-bond acceptors (Lipinski definition) is 17. The van der Waals surface area contributed by atoms with Crippen molar-refractivity contribution >= 4 is 72.4 Å². The maximum atomic E-state index is 11.9. The molecule has 7 N–H and O–H groups in total. The molecule has 1 amide bonds. The monoisotopic (exact) mass is 964 g/mol. The maximum absolute atomic E-state index is 11.9. The standard InChI is InChI=1S/C13H19N5O.C11H14N4O2.C10H13N5.C10H14N4O.C3H9N/c1-17(2)9-14-8-12(19)11-6-5-7-13(16-11)15-10-18(3)4;1-15(2)7-12-6-10(17)9-4-3-5-11(14-9)13-8-16;1-7(2)15-6-12-14-10(15)8-4-3-5-9(11)13-8;1-14(2)7-12-6-9(15)8-4-3-5-10(11)13-8;1-3(2)4/h5-7,9-10H,8H2,1-4H3;3-5,7-8H,6H2,1-2H3,(H,13,14,16);3-7H,1-2H3,(H2,11,13);3-5,7H,6H2,1-2H3,(H2,11,13);3H,4H2,1-2H3. The van der Waals surface area contributed by atoms with Crippen molar-refractivity contribution in [3.05, 3.63) is 96.2 Å². The van der Waals surface area contributed by atoms with Gasteiger partial charge in [0, 0.05) is 62.4 Å². The number of nitrogens with zero attached hydrogens (tertiary/aromatic N) is 15. The second-order valence-electron chi connectivity index (χ2n) is 16.1. The minimum atomic E-state index is -0.197. The Morgan fingerprint density at radius 1 is 0.614 bits per heavy atom. The zero-order valence-corrected chi connectivity index (χ0v) is 42.2. The Morgan fingerprint density at radius 2 is 1.04 bits per heavy atom. The third-order valence-corrected chi connectivity index (χ3v) is 7.51. The summed E-state index contributed by atoms with van der Waals surface area (Å²) in [5.74, 6) is 1.98. The molecular formula is C47H69N19O4. The van der Waals surface area contributed by atoms with Crippen LogP contribution in [-0.2, 0) is 4.79 Å². The van der Waals surface area contributed by atoms with E-state index in [0.717, 1.165) is 11.5 Å². The van der Waals surface area contributed by atoms with E-state index in [9.17, 15) is 19.2 Å². The Hall–Kier alpha value is -8.34. The van der Waals surface area contributed by atoms with Crippen LogP contribution in [0.2, 0.25) is 0 Å². The molecule has 0 aliphatic rings. The Balaban J connectivity index is 0.000000456. The average Bonchev–Trinajstić information content (AvgIpc) is 3.80. The molecule has 23 nitrogen and oxygen atoms in total. The lowest BCUT2D eigenvalue weighted by Crippen LogP contribution is -2.12. The second kappa shape index (κ2) is 33.2. The van der Waals surface area contributed by atoms with E-state index in [4.69, 9.17) is 17.2 Å². The summed E-state index contributed by atoms with van der Waals surface area (Å²) >= 11 is 0. The van der Waals surface area contributed by atoms with Crippen LogP contribution in [0, 0.1) is 0 Å². The third kappa shape index (κ3) is 26.7. The number of carbonyl (C=O) groups excluding carboxylic acids is 4. The van der Waals surface area contributed by atoms with E-state index in [1.54, 1.807) is 112 Å². The number of ketones is 3. The van der Waals surface area contributed by atoms with Crippen LogP contribution in [0.5, 0.6) is 0 Å². The number of aromatic nitrogens is 7. The fourth-order valence-electron chi connectivity index (χ4n) is 4.65. The minimum Gasteiger partial charge on any atom is -0.384 e. The molecule has 5 aromatic heterocycles. The molecule has 5 rings (SSSR count). The van der Waals surface area contributed by atoms with Crippen LogP contribution in [0.3, 0.4) is 0 Å². The van der Waals surface area contributed by atoms with Crippen molar-refractivity contribution in [1.29, 1.82) is 0 Å². The smallest absolute Gasteiger partial charge is 0.212 e. The number of hydrogen-bond donors (Lipinski definition) is 4. The molecule has 70 heavy (non-hydrogen) atoms. The molecule has 0 aliphatic carbocycles. The average molecular weight is 964 g/mol. The summed E-state index contributed by atoms with van der Waals surface area (Å²) < 4.78 is 1.96. The number of Topliss-reactive ketones (excluding diaryl/α,β-unsaturated/α-hetero) is 3. The largest absolute Gasteiger partial charge is 0.384 e. The van der Waals surface area contributed by atoms with Gasteiger partial charge >= 0.3 is 0 Å². The molecule has 0 saturated heterocycles. The summed E-state index contributed by atoms with van der Waals surface area (Å²) in [7, 11) is 14.8. The van der Waals surface area contributed by atoms with Crippen LogP contribution >= 0.6 is 0 Å². The Morgan fingerprint density at radius 3 is 1.49 bits per heavy atom. The first kappa shape index (κ1) is 59.7. The number of nitrogens with two attached hydrogens (primary N) is 3. The van der Waals surface area contributed by atoms with Crippen LogP contribution in [0.4, 0.5) is 23.3 Å². The highest BCUT2D eigenvalue weighted by molar-refractivity contribution is 5.98. The lowest BCUT2D eigenvalue weighted by Gasteiger charge is -2.09. The minimum absolute atomic E-state index is 0.0374. The first-order valence-electron chi connectivity index (χ1n) is 21.7. The fourth-order valence-corrected chi connectivity index (χ4v) is 4.65. The predicted octanol–water partition coefficient (Wildman–Crippen LogP) is 3.79. The van der Waals surface area contributed by atoms with E-state index < -0.39 is 0 Å². The molecule has 0 spiro atoms. The van der Waals surface area contributed by atoms with Crippen LogP contribution < -0.4 is 22.5 Å². The summed E-state index contributed by atoms with van der Waals surface area (Å²) in [5, 5.41) is 10.3. The molecule has 0 radical (unpaired) electrons. The number of nitrogens with one attached hydrogen (secondary N) is 1. The third-order valence-electron chi connectivity index (χ3n) is 7.51. The van der Waals surface area contributed by atoms with E-state index in [-0.39, 0.29) is 42.7 Å². The number of carbonyl (C=O) groups is 4. The molecule has 376 valence electrons. The first-order valence-corrected chi connectivity index (χ1v) is 21.7. The van der Waals surface area contributed by atoms with Crippen molar-refractivity contribution in [2.75, 3.05) is 92.8 Å². The van der Waals surface area contributed by atoms with Gasteiger partial charge in [-0.3, -0.25) is 34.2 Å². The molecule has 5 aromatic rings. The highest BCUT2D eigenvalue weighted by Crippen LogP contribution is 2.18. The number of aliphatic imine (C=N–C) groups is 4. The highest BCUT2D eigenvalue weighted by atomic mass is 16.1. The predicted molar refractivity (Wildman–Crippen MR) is 280 cm³/mol. The van der Waals surface area contributed by atoms with Crippen LogP contribution in [-0.4, -0.2) is 185 Å². The van der Waals surface area contributed by atoms with Crippen LogP contribution in [0.25, 0.3) is 11.5 Å². The Labute approximate surface area is 410 Å². The maximum Gasteiger partial charge on any atom is 0.212 e. The van der Waals surface area contributed by atoms with Gasteiger partial charge in [-0.15, -0.1) is 10.2 Å². The molecule has 23 heteroatoms. The summed E-state index contributed by atoms with van der Waals surface area (Å²) in [6.45, 7) is 8.24. The van der Waals surface area contributed by atoms with E-state index in [1.165, 1.54) is 0 Å². The van der Waals surface area contributed by atoms with Crippen molar-refractivity contribution < 1.29 is 19.2 Å². The van der Waals surface area contributed by atoms with E-state index in [2.05, 4.69) is 69.3 Å². The SMILES string of the molecule is CC(C)N.CC(C)n1cnnc1-c1cccc(N)n1.CN(C)C=NCC(=O)c1cccc(N)n1.CN(C)C=NCC(=O)c1cccc(N=CN(C)C)n1.CN(C)C=NCC(=O)c1cccc(NC=O)n1. The van der Waals surface area contributed by atoms with Gasteiger partial charge in [0.2, 0.25) is 23.8 Å². The zero-order valence-electron chi connectivity index (χ0n) is 42.2. The quantitative estimate of drug-likeness (QED) is 0.0420. The van der Waals surface area contributed by atoms with Crippen LogP contribution in [0.15, 0.2) is 99.1 Å². The molecule has 0 saturated carbocycles. The van der Waals surface area contributed by atoms with E-state index in [1.807, 2.05) is 86.9 Å². The van der Waals surface area contributed by atoms with Gasteiger partial charge in [-0.25, -0.2) is 24.9 Å². The Kier molecular flexibility index (Phi) is 28.3. The van der Waals surface area contributed by atoms with Crippen molar-refractivity contribution in [2.45, 2.75) is 39.8 Å². The number of amides is 1. The van der Waals surface area contributed by atoms with Gasteiger partial charge in [0.1, 0.15) is 66.2 Å². The van der Waals surface area contributed by atoms with Gasteiger partial charge < -0.3 is 46.7 Å². The lowest BCUT2D eigenvalue weighted by molar-refractivity contribution is -0.105. The van der Waals surface area contributed by atoms with Gasteiger partial charge in [-0.1, -0.05) is 38.1 Å². The van der Waals surface area contributed by atoms with Crippen molar-refractivity contribution in [1.82, 2.24) is 54.3 Å². The zero-order chi connectivity index (χ0) is 52.6. The van der Waals surface area contributed by atoms with Gasteiger partial charge in [-0.05, 0) is 68.4 Å². The van der Waals surface area contributed by atoms with E-state index >= 15 is 0 Å². The molecule has 0 aromatic carbocycles. The summed E-state index contributed by atoms with van der Waals surface area (Å²) in [4.78, 5) is 84.7. The summed E-state index contributed by atoms with van der Waals surface area (Å²) in [5.41, 5.74) is 18.0. The first-order chi connectivity index (χ1) is 33.1. The summed E-state index contributed by atoms with van der Waals surface area (Å²) in [6, 6.07) is 21.1. The highest BCUT2D eigenvalue weighted by Gasteiger charge is 2.11. The fraction of sp³-hybridized carbons (Fsp3) is 0.362. The Bertz CT molecular complexity index is 2460. The van der Waals surface area contributed by atoms with Crippen molar-refractivity contribution in [2.24, 2.45) is 25.7 Å². The molecule has 0 atom stereocenters. The lowest BCUT2D eigenvalue weighted by atomic mass is 10.2. The molecule has 0 aliphatic heterocycles. The molecule has 0 fully saturated rings.